The molecule has 0 aliphatic heterocycles. The predicted octanol–water partition coefficient (Wildman–Crippen LogP) is 7.99. The van der Waals surface area contributed by atoms with Gasteiger partial charge in [0.2, 0.25) is 0 Å². The molecule has 2 atom stereocenters. The maximum atomic E-state index is 2.95. The van der Waals surface area contributed by atoms with Gasteiger partial charge in [-0.25, -0.2) is 0 Å². The molecule has 0 spiro atoms. The lowest BCUT2D eigenvalue weighted by Gasteiger charge is -2.42. The molecule has 0 bridgehead atoms. The van der Waals surface area contributed by atoms with Crippen LogP contribution in [0.15, 0.2) is 94.3 Å². The fraction of sp³-hybridized carbons (Fsp3) is 0.310. The van der Waals surface area contributed by atoms with Gasteiger partial charge in [-0.3, -0.25) is 4.67 Å². The lowest BCUT2D eigenvalue weighted by atomic mass is 9.87. The summed E-state index contributed by atoms with van der Waals surface area (Å²) < 4.78 is 2.95. The minimum absolute atomic E-state index is 0.507. The smallest absolute Gasteiger partial charge is 0.0301 e. The van der Waals surface area contributed by atoms with Crippen LogP contribution in [-0.4, -0.2) is 17.3 Å². The van der Waals surface area contributed by atoms with E-state index in [0.717, 1.165) is 6.54 Å². The van der Waals surface area contributed by atoms with Crippen LogP contribution in [0.3, 0.4) is 0 Å². The highest BCUT2D eigenvalue weighted by molar-refractivity contribution is 7.71. The zero-order chi connectivity index (χ0) is 22.5. The van der Waals surface area contributed by atoms with Gasteiger partial charge in [0.1, 0.15) is 0 Å². The largest absolute Gasteiger partial charge is 0.270 e. The van der Waals surface area contributed by atoms with E-state index >= 15 is 0 Å². The second kappa shape index (κ2) is 11.1. The number of unbranched alkanes of at least 4 members (excludes halogenated alkanes) is 1. The summed E-state index contributed by atoms with van der Waals surface area (Å²) in [6.07, 6.45) is 4.99. The molecule has 5 rings (SSSR count). The Bertz CT molecular complexity index is 998. The number of nitrogens with zero attached hydrogens (tertiary/aromatic N) is 1. The Balaban J connectivity index is 1.63. The number of hydrogen-bond acceptors (Lipinski definition) is 3. The van der Waals surface area contributed by atoms with Crippen molar-refractivity contribution in [2.45, 2.75) is 50.5 Å². The molecule has 0 N–H and O–H groups in total. The monoisotopic (exact) mass is 489 g/mol. The molecule has 1 saturated carbocycles. The zero-order valence-electron chi connectivity index (χ0n) is 19.2. The Morgan fingerprint density at radius 1 is 0.758 bits per heavy atom. The summed E-state index contributed by atoms with van der Waals surface area (Å²) in [7, 11) is -0.543. The Labute approximate surface area is 207 Å². The van der Waals surface area contributed by atoms with Gasteiger partial charge in [-0.2, -0.15) is 22.7 Å². The number of benzene rings is 2. The molecule has 1 aliphatic carbocycles. The van der Waals surface area contributed by atoms with E-state index in [0.29, 0.717) is 17.9 Å². The SMILES string of the molecule is CCCCN(C1[C@@H](c2ccccc2)CC[C@@H]1c1ccccc1)P(c1ccsc1)c1ccsc1. The Kier molecular flexibility index (Phi) is 7.74. The third-order valence-corrected chi connectivity index (χ3v) is 11.1. The first-order chi connectivity index (χ1) is 16.4. The average molecular weight is 490 g/mol. The van der Waals surface area contributed by atoms with Crippen molar-refractivity contribution in [1.29, 1.82) is 0 Å². The summed E-state index contributed by atoms with van der Waals surface area (Å²) in [5.74, 6) is 1.13. The molecule has 2 heterocycles. The van der Waals surface area contributed by atoms with Crippen LogP contribution < -0.4 is 10.6 Å². The summed E-state index contributed by atoms with van der Waals surface area (Å²) in [6, 6.07) is 27.9. The highest BCUT2D eigenvalue weighted by Crippen LogP contribution is 2.53. The van der Waals surface area contributed by atoms with Crippen LogP contribution in [0.4, 0.5) is 0 Å². The van der Waals surface area contributed by atoms with Crippen LogP contribution in [0.25, 0.3) is 0 Å². The van der Waals surface area contributed by atoms with Crippen LogP contribution in [0, 0.1) is 0 Å². The second-order valence-corrected chi connectivity index (χ2v) is 12.6. The molecule has 0 unspecified atom stereocenters. The molecule has 2 aromatic carbocycles. The van der Waals surface area contributed by atoms with E-state index in [1.165, 1.54) is 47.4 Å². The minimum Gasteiger partial charge on any atom is -0.270 e. The van der Waals surface area contributed by atoms with E-state index in [2.05, 4.69) is 106 Å². The maximum Gasteiger partial charge on any atom is 0.0301 e. The Morgan fingerprint density at radius 3 is 1.70 bits per heavy atom. The van der Waals surface area contributed by atoms with Crippen LogP contribution in [-0.2, 0) is 0 Å². The second-order valence-electron chi connectivity index (χ2n) is 8.89. The van der Waals surface area contributed by atoms with E-state index in [9.17, 15) is 0 Å². The van der Waals surface area contributed by atoms with Crippen molar-refractivity contribution in [3.05, 3.63) is 105 Å². The van der Waals surface area contributed by atoms with Gasteiger partial charge in [-0.05, 0) is 64.0 Å². The maximum absolute atomic E-state index is 2.95. The molecule has 33 heavy (non-hydrogen) atoms. The first kappa shape index (κ1) is 23.0. The van der Waals surface area contributed by atoms with Gasteiger partial charge >= 0.3 is 0 Å². The van der Waals surface area contributed by atoms with E-state index in [1.807, 2.05) is 22.7 Å². The fourth-order valence-corrected chi connectivity index (χ4v) is 10.1. The van der Waals surface area contributed by atoms with Gasteiger partial charge < -0.3 is 0 Å². The van der Waals surface area contributed by atoms with Crippen LogP contribution in [0.2, 0.25) is 0 Å². The molecule has 0 radical (unpaired) electrons. The summed E-state index contributed by atoms with van der Waals surface area (Å²) in [6.45, 7) is 3.48. The van der Waals surface area contributed by atoms with E-state index < -0.39 is 8.07 Å². The normalized spacial score (nSPS) is 19.0. The molecule has 1 nitrogen and oxygen atoms in total. The lowest BCUT2D eigenvalue weighted by Crippen LogP contribution is -2.41. The van der Waals surface area contributed by atoms with Crippen molar-refractivity contribution in [3.63, 3.8) is 0 Å². The van der Waals surface area contributed by atoms with Crippen molar-refractivity contribution in [1.82, 2.24) is 4.67 Å². The minimum atomic E-state index is -0.543. The molecule has 2 aromatic heterocycles. The van der Waals surface area contributed by atoms with Gasteiger partial charge in [-0.15, -0.1) is 0 Å². The molecular formula is C29H32NPS2. The van der Waals surface area contributed by atoms with Crippen molar-refractivity contribution in [3.8, 4) is 0 Å². The summed E-state index contributed by atoms with van der Waals surface area (Å²) in [5.41, 5.74) is 3.01. The van der Waals surface area contributed by atoms with Gasteiger partial charge in [0.15, 0.2) is 0 Å². The van der Waals surface area contributed by atoms with Crippen LogP contribution in [0.5, 0.6) is 0 Å². The van der Waals surface area contributed by atoms with E-state index in [-0.39, 0.29) is 0 Å². The first-order valence-electron chi connectivity index (χ1n) is 12.1. The van der Waals surface area contributed by atoms with Crippen molar-refractivity contribution < 1.29 is 0 Å². The van der Waals surface area contributed by atoms with Gasteiger partial charge in [0, 0.05) is 43.1 Å². The third-order valence-electron chi connectivity index (χ3n) is 6.91. The molecule has 1 aliphatic rings. The third kappa shape index (κ3) is 5.03. The van der Waals surface area contributed by atoms with Crippen molar-refractivity contribution in [2.24, 2.45) is 0 Å². The van der Waals surface area contributed by atoms with Crippen LogP contribution in [0.1, 0.15) is 55.6 Å². The predicted molar refractivity (Wildman–Crippen MR) is 148 cm³/mol. The first-order valence-corrected chi connectivity index (χ1v) is 15.3. The van der Waals surface area contributed by atoms with Gasteiger partial charge in [0.05, 0.1) is 0 Å². The van der Waals surface area contributed by atoms with Crippen molar-refractivity contribution >= 4 is 41.4 Å². The summed E-state index contributed by atoms with van der Waals surface area (Å²) >= 11 is 3.67. The molecular weight excluding hydrogens is 457 g/mol. The quantitative estimate of drug-likeness (QED) is 0.215. The van der Waals surface area contributed by atoms with E-state index in [1.54, 1.807) is 0 Å². The molecule has 0 saturated heterocycles. The highest BCUT2D eigenvalue weighted by atomic mass is 32.1. The number of hydrogen-bond donors (Lipinski definition) is 0. The lowest BCUT2D eigenvalue weighted by molar-refractivity contribution is 0.296. The summed E-state index contributed by atoms with van der Waals surface area (Å²) in [5, 5.41) is 12.3. The van der Waals surface area contributed by atoms with Crippen LogP contribution >= 0.6 is 30.7 Å². The topological polar surface area (TPSA) is 3.24 Å². The fourth-order valence-electron chi connectivity index (χ4n) is 5.43. The molecule has 0 amide bonds. The zero-order valence-corrected chi connectivity index (χ0v) is 21.7. The number of rotatable bonds is 9. The van der Waals surface area contributed by atoms with Crippen molar-refractivity contribution in [2.75, 3.05) is 6.54 Å². The Hall–Kier alpha value is -1.77. The number of thiophene rings is 2. The standard InChI is InChI=1S/C29H32NPS2/c1-2-3-18-30(31(25-16-19-32-21-25)26-17-20-33-22-26)29-27(23-10-6-4-7-11-23)14-15-28(29)24-12-8-5-9-13-24/h4-13,16-17,19-22,27-29H,2-3,14-15,18H2,1H3/t27-,28-/m1/s1. The molecule has 4 aromatic rings. The average Bonchev–Trinajstić information content (AvgIpc) is 3.65. The molecule has 1 fully saturated rings. The van der Waals surface area contributed by atoms with Gasteiger partial charge in [0.25, 0.3) is 0 Å². The Morgan fingerprint density at radius 2 is 1.27 bits per heavy atom. The highest BCUT2D eigenvalue weighted by Gasteiger charge is 2.44. The van der Waals surface area contributed by atoms with E-state index in [4.69, 9.17) is 0 Å². The molecule has 4 heteroatoms. The van der Waals surface area contributed by atoms with Gasteiger partial charge in [-0.1, -0.05) is 74.0 Å². The summed E-state index contributed by atoms with van der Waals surface area (Å²) in [4.78, 5) is 0. The molecule has 170 valence electrons.